The van der Waals surface area contributed by atoms with Gasteiger partial charge in [-0.25, -0.2) is 9.59 Å². The van der Waals surface area contributed by atoms with E-state index in [1.165, 1.54) is 6.07 Å². The molecule has 1 aromatic rings. The highest BCUT2D eigenvalue weighted by molar-refractivity contribution is 5.94. The van der Waals surface area contributed by atoms with Crippen LogP contribution in [0.3, 0.4) is 0 Å². The molecule has 0 spiro atoms. The molecule has 0 unspecified atom stereocenters. The van der Waals surface area contributed by atoms with Gasteiger partial charge in [-0.15, -0.1) is 0 Å². The molecule has 0 aliphatic rings. The third kappa shape index (κ3) is 4.20. The smallest absolute Gasteiger partial charge is 0.335 e. The quantitative estimate of drug-likeness (QED) is 0.813. The van der Waals surface area contributed by atoms with E-state index in [9.17, 15) is 9.59 Å². The fourth-order valence-electron chi connectivity index (χ4n) is 1.80. The molecule has 0 fully saturated rings. The fourth-order valence-corrected chi connectivity index (χ4v) is 1.80. The van der Waals surface area contributed by atoms with Crippen LogP contribution < -0.4 is 0 Å². The molecule has 0 aliphatic carbocycles. The van der Waals surface area contributed by atoms with E-state index < -0.39 is 11.9 Å². The Morgan fingerprint density at radius 1 is 1.06 bits per heavy atom. The first-order chi connectivity index (χ1) is 8.40. The Kier molecular flexibility index (Phi) is 4.89. The van der Waals surface area contributed by atoms with Crippen molar-refractivity contribution in [3.63, 3.8) is 0 Å². The van der Waals surface area contributed by atoms with E-state index in [4.69, 9.17) is 10.2 Å². The summed E-state index contributed by atoms with van der Waals surface area (Å²) in [6.07, 6.45) is 2.68. The van der Waals surface area contributed by atoms with Crippen molar-refractivity contribution in [1.29, 1.82) is 0 Å². The van der Waals surface area contributed by atoms with Crippen LogP contribution in [-0.4, -0.2) is 22.2 Å². The Morgan fingerprint density at radius 3 is 1.94 bits per heavy atom. The van der Waals surface area contributed by atoms with Crippen molar-refractivity contribution in [2.24, 2.45) is 5.92 Å². The second kappa shape index (κ2) is 6.19. The zero-order valence-electron chi connectivity index (χ0n) is 10.6. The highest BCUT2D eigenvalue weighted by Crippen LogP contribution is 2.15. The largest absolute Gasteiger partial charge is 0.478 e. The Hall–Kier alpha value is -1.84. The molecule has 0 amide bonds. The van der Waals surface area contributed by atoms with Gasteiger partial charge in [0.25, 0.3) is 0 Å². The predicted octanol–water partition coefficient (Wildman–Crippen LogP) is 3.06. The Bertz CT molecular complexity index is 417. The molecule has 0 bridgehead atoms. The van der Waals surface area contributed by atoms with Crippen molar-refractivity contribution in [3.05, 3.63) is 34.9 Å². The minimum atomic E-state index is -1.09. The monoisotopic (exact) mass is 250 g/mol. The maximum absolute atomic E-state index is 10.9. The van der Waals surface area contributed by atoms with Gasteiger partial charge in [0.15, 0.2) is 0 Å². The molecule has 0 saturated heterocycles. The normalized spacial score (nSPS) is 10.6. The lowest BCUT2D eigenvalue weighted by atomic mass is 9.99. The first kappa shape index (κ1) is 14.2. The molecule has 4 heteroatoms. The molecule has 0 saturated carbocycles. The third-order valence-corrected chi connectivity index (χ3v) is 2.73. The SMILES string of the molecule is CC(C)CCCc1cc(C(=O)O)cc(C(=O)O)c1. The van der Waals surface area contributed by atoms with Crippen molar-refractivity contribution < 1.29 is 19.8 Å². The second-order valence-electron chi connectivity index (χ2n) is 4.81. The van der Waals surface area contributed by atoms with Gasteiger partial charge in [0.1, 0.15) is 0 Å². The summed E-state index contributed by atoms with van der Waals surface area (Å²) in [5, 5.41) is 17.9. The third-order valence-electron chi connectivity index (χ3n) is 2.73. The number of carboxylic acid groups (broad SMARTS) is 2. The molecule has 1 rings (SSSR count). The summed E-state index contributed by atoms with van der Waals surface area (Å²) in [5.74, 6) is -1.60. The van der Waals surface area contributed by atoms with Crippen molar-refractivity contribution >= 4 is 11.9 Å². The fraction of sp³-hybridized carbons (Fsp3) is 0.429. The number of hydrogen-bond donors (Lipinski definition) is 2. The molecule has 0 heterocycles. The minimum absolute atomic E-state index is 0.0365. The van der Waals surface area contributed by atoms with E-state index in [1.807, 2.05) is 0 Å². The molecule has 18 heavy (non-hydrogen) atoms. The summed E-state index contributed by atoms with van der Waals surface area (Å²) in [6.45, 7) is 4.24. The Balaban J connectivity index is 2.89. The minimum Gasteiger partial charge on any atom is -0.478 e. The summed E-state index contributed by atoms with van der Waals surface area (Å²) in [5.41, 5.74) is 0.844. The first-order valence-electron chi connectivity index (χ1n) is 6.00. The topological polar surface area (TPSA) is 74.6 Å². The molecule has 1 aromatic carbocycles. The molecular weight excluding hydrogens is 232 g/mol. The zero-order valence-corrected chi connectivity index (χ0v) is 10.6. The van der Waals surface area contributed by atoms with Crippen LogP contribution in [0.5, 0.6) is 0 Å². The lowest BCUT2D eigenvalue weighted by Gasteiger charge is -2.07. The van der Waals surface area contributed by atoms with Crippen LogP contribution >= 0.6 is 0 Å². The molecule has 98 valence electrons. The van der Waals surface area contributed by atoms with Crippen molar-refractivity contribution in [2.75, 3.05) is 0 Å². The number of carboxylic acids is 2. The Labute approximate surface area is 106 Å². The molecule has 0 atom stereocenters. The van der Waals surface area contributed by atoms with Gasteiger partial charge in [-0.2, -0.15) is 0 Å². The summed E-state index contributed by atoms with van der Waals surface area (Å²) >= 11 is 0. The number of aryl methyl sites for hydroxylation is 1. The average Bonchev–Trinajstić information content (AvgIpc) is 2.28. The lowest BCUT2D eigenvalue weighted by Crippen LogP contribution is -2.04. The molecule has 0 aliphatic heterocycles. The molecule has 0 aromatic heterocycles. The van der Waals surface area contributed by atoms with Gasteiger partial charge in [0, 0.05) is 0 Å². The van der Waals surface area contributed by atoms with Gasteiger partial charge in [0.05, 0.1) is 11.1 Å². The predicted molar refractivity (Wildman–Crippen MR) is 68.1 cm³/mol. The van der Waals surface area contributed by atoms with E-state index in [0.29, 0.717) is 12.3 Å². The summed E-state index contributed by atoms with van der Waals surface area (Å²) < 4.78 is 0. The zero-order chi connectivity index (χ0) is 13.7. The van der Waals surface area contributed by atoms with Crippen LogP contribution in [0.15, 0.2) is 18.2 Å². The van der Waals surface area contributed by atoms with E-state index in [0.717, 1.165) is 18.4 Å². The van der Waals surface area contributed by atoms with Crippen molar-refractivity contribution in [2.45, 2.75) is 33.1 Å². The highest BCUT2D eigenvalue weighted by Gasteiger charge is 2.11. The van der Waals surface area contributed by atoms with Crippen LogP contribution in [0.25, 0.3) is 0 Å². The lowest BCUT2D eigenvalue weighted by molar-refractivity contribution is 0.0696. The van der Waals surface area contributed by atoms with E-state index in [1.54, 1.807) is 12.1 Å². The van der Waals surface area contributed by atoms with Crippen molar-refractivity contribution in [1.82, 2.24) is 0 Å². The highest BCUT2D eigenvalue weighted by atomic mass is 16.4. The summed E-state index contributed by atoms with van der Waals surface area (Å²) in [7, 11) is 0. The van der Waals surface area contributed by atoms with E-state index >= 15 is 0 Å². The molecule has 0 radical (unpaired) electrons. The number of aromatic carboxylic acids is 2. The average molecular weight is 250 g/mol. The standard InChI is InChI=1S/C14H18O4/c1-9(2)4-3-5-10-6-11(13(15)16)8-12(7-10)14(17)18/h6-9H,3-5H2,1-2H3,(H,15,16)(H,17,18). The maximum Gasteiger partial charge on any atom is 0.335 e. The maximum atomic E-state index is 10.9. The van der Waals surface area contributed by atoms with E-state index in [2.05, 4.69) is 13.8 Å². The molecule has 2 N–H and O–H groups in total. The van der Waals surface area contributed by atoms with Crippen LogP contribution in [0.2, 0.25) is 0 Å². The number of hydrogen-bond acceptors (Lipinski definition) is 2. The van der Waals surface area contributed by atoms with Crippen LogP contribution in [-0.2, 0) is 6.42 Å². The van der Waals surface area contributed by atoms with Gasteiger partial charge < -0.3 is 10.2 Å². The Morgan fingerprint density at radius 2 is 1.56 bits per heavy atom. The van der Waals surface area contributed by atoms with Crippen LogP contribution in [0.4, 0.5) is 0 Å². The van der Waals surface area contributed by atoms with Crippen LogP contribution in [0, 0.1) is 5.92 Å². The first-order valence-corrected chi connectivity index (χ1v) is 6.00. The van der Waals surface area contributed by atoms with Crippen molar-refractivity contribution in [3.8, 4) is 0 Å². The van der Waals surface area contributed by atoms with Gasteiger partial charge in [-0.3, -0.25) is 0 Å². The summed E-state index contributed by atoms with van der Waals surface area (Å²) in [4.78, 5) is 21.8. The van der Waals surface area contributed by atoms with Gasteiger partial charge in [-0.05, 0) is 42.5 Å². The van der Waals surface area contributed by atoms with Gasteiger partial charge >= 0.3 is 11.9 Å². The van der Waals surface area contributed by atoms with Gasteiger partial charge in [-0.1, -0.05) is 20.3 Å². The summed E-state index contributed by atoms with van der Waals surface area (Å²) in [6, 6.07) is 4.29. The molecular formula is C14H18O4. The number of carbonyl (C=O) groups is 2. The van der Waals surface area contributed by atoms with Crippen LogP contribution in [0.1, 0.15) is 53.0 Å². The van der Waals surface area contributed by atoms with E-state index in [-0.39, 0.29) is 11.1 Å². The number of benzene rings is 1. The van der Waals surface area contributed by atoms with Gasteiger partial charge in [0.2, 0.25) is 0 Å². The number of rotatable bonds is 6. The molecule has 4 nitrogen and oxygen atoms in total. The second-order valence-corrected chi connectivity index (χ2v) is 4.81.